The van der Waals surface area contributed by atoms with Gasteiger partial charge in [0.15, 0.2) is 0 Å². The number of sulfonamides is 1. The maximum Gasteiger partial charge on any atom is 0.244 e. The fourth-order valence-corrected chi connectivity index (χ4v) is 4.30. The quantitative estimate of drug-likeness (QED) is 0.470. The van der Waals surface area contributed by atoms with Crippen molar-refractivity contribution in [3.8, 4) is 5.75 Å². The maximum atomic E-state index is 12.5. The lowest BCUT2D eigenvalue weighted by molar-refractivity contribution is 0.445. The predicted molar refractivity (Wildman–Crippen MR) is 111 cm³/mol. The van der Waals surface area contributed by atoms with E-state index in [9.17, 15) is 13.5 Å². The van der Waals surface area contributed by atoms with Gasteiger partial charge < -0.3 is 5.11 Å². The number of pyridine rings is 1. The van der Waals surface area contributed by atoms with Gasteiger partial charge in [-0.25, -0.2) is 13.4 Å². The Kier molecular flexibility index (Phi) is 5.91. The maximum absolute atomic E-state index is 12.5. The largest absolute Gasteiger partial charge is 0.507 e. The zero-order chi connectivity index (χ0) is 20.1. The Bertz CT molecular complexity index is 1090. The van der Waals surface area contributed by atoms with E-state index in [0.29, 0.717) is 24.5 Å². The lowest BCUT2D eigenvalue weighted by Crippen LogP contribution is -2.30. The molecule has 3 aromatic rings. The van der Waals surface area contributed by atoms with Crippen molar-refractivity contribution >= 4 is 32.8 Å². The normalized spacial score (nSPS) is 12.1. The minimum atomic E-state index is -3.54. The van der Waals surface area contributed by atoms with Crippen molar-refractivity contribution in [2.24, 2.45) is 5.10 Å². The van der Waals surface area contributed by atoms with Crippen molar-refractivity contribution in [2.45, 2.75) is 18.7 Å². The van der Waals surface area contributed by atoms with Crippen molar-refractivity contribution in [3.63, 3.8) is 0 Å². The van der Waals surface area contributed by atoms with Crippen LogP contribution in [0.15, 0.2) is 64.7 Å². The van der Waals surface area contributed by atoms with Gasteiger partial charge in [-0.05, 0) is 29.0 Å². The number of aromatic nitrogens is 1. The third-order valence-corrected chi connectivity index (χ3v) is 6.43. The summed E-state index contributed by atoms with van der Waals surface area (Å²) in [4.78, 5) is 4.26. The van der Waals surface area contributed by atoms with Gasteiger partial charge in [-0.3, -0.25) is 5.43 Å². The highest BCUT2D eigenvalue weighted by Gasteiger charge is 2.21. The van der Waals surface area contributed by atoms with E-state index < -0.39 is 10.0 Å². The Morgan fingerprint density at radius 2 is 1.86 bits per heavy atom. The molecule has 28 heavy (non-hydrogen) atoms. The number of anilines is 1. The van der Waals surface area contributed by atoms with Crippen LogP contribution in [0.5, 0.6) is 5.75 Å². The highest BCUT2D eigenvalue weighted by molar-refractivity contribution is 7.89. The zero-order valence-corrected chi connectivity index (χ0v) is 16.5. The van der Waals surface area contributed by atoms with Gasteiger partial charge in [-0.2, -0.15) is 9.41 Å². The molecule has 2 N–H and O–H groups in total. The summed E-state index contributed by atoms with van der Waals surface area (Å²) in [6, 6.07) is 14.2. The molecule has 0 atom stereocenters. The molecule has 0 spiro atoms. The van der Waals surface area contributed by atoms with E-state index in [1.54, 1.807) is 26.0 Å². The van der Waals surface area contributed by atoms with Crippen molar-refractivity contribution in [2.75, 3.05) is 18.5 Å². The molecule has 0 aliphatic heterocycles. The smallest absolute Gasteiger partial charge is 0.244 e. The number of phenols is 1. The first kappa shape index (κ1) is 19.8. The van der Waals surface area contributed by atoms with Crippen LogP contribution in [0.4, 0.5) is 5.82 Å². The molecule has 1 aromatic heterocycles. The van der Waals surface area contributed by atoms with Gasteiger partial charge in [0.25, 0.3) is 0 Å². The molecule has 2 aromatic carbocycles. The molecule has 0 saturated carbocycles. The fourth-order valence-electron chi connectivity index (χ4n) is 2.89. The van der Waals surface area contributed by atoms with Crippen LogP contribution < -0.4 is 5.43 Å². The van der Waals surface area contributed by atoms with Crippen LogP contribution in [-0.4, -0.2) is 42.1 Å². The molecule has 0 fully saturated rings. The summed E-state index contributed by atoms with van der Waals surface area (Å²) in [5.74, 6) is 0.521. The van der Waals surface area contributed by atoms with Gasteiger partial charge in [-0.1, -0.05) is 44.2 Å². The second kappa shape index (κ2) is 8.37. The van der Waals surface area contributed by atoms with E-state index >= 15 is 0 Å². The first-order valence-corrected chi connectivity index (χ1v) is 10.4. The predicted octanol–water partition coefficient (Wildman–Crippen LogP) is 3.42. The standard InChI is InChI=1S/C20H22N4O3S/c1-3-24(4-2)28(26,27)16-10-12-20(21-13-16)23-22-14-18-17-8-6-5-7-15(17)9-11-19(18)25/h5-14,25H,3-4H2,1-2H3,(H,21,23)/b22-14+. The summed E-state index contributed by atoms with van der Waals surface area (Å²) in [7, 11) is -3.54. The second-order valence-corrected chi connectivity index (χ2v) is 8.00. The van der Waals surface area contributed by atoms with Crippen molar-refractivity contribution < 1.29 is 13.5 Å². The van der Waals surface area contributed by atoms with E-state index in [1.807, 2.05) is 30.3 Å². The summed E-state index contributed by atoms with van der Waals surface area (Å²) in [5.41, 5.74) is 3.35. The van der Waals surface area contributed by atoms with E-state index in [2.05, 4.69) is 15.5 Å². The number of hydrogen-bond donors (Lipinski definition) is 2. The van der Waals surface area contributed by atoms with Gasteiger partial charge in [-0.15, -0.1) is 0 Å². The van der Waals surface area contributed by atoms with Crippen LogP contribution in [0.2, 0.25) is 0 Å². The zero-order valence-electron chi connectivity index (χ0n) is 15.7. The Hall–Kier alpha value is -2.97. The summed E-state index contributed by atoms with van der Waals surface area (Å²) in [6.45, 7) is 4.39. The van der Waals surface area contributed by atoms with Gasteiger partial charge in [0, 0.05) is 24.8 Å². The van der Waals surface area contributed by atoms with Crippen molar-refractivity contribution in [3.05, 3.63) is 60.3 Å². The van der Waals surface area contributed by atoms with Crippen LogP contribution in [-0.2, 0) is 10.0 Å². The van der Waals surface area contributed by atoms with E-state index in [0.717, 1.165) is 10.8 Å². The molecule has 7 nitrogen and oxygen atoms in total. The highest BCUT2D eigenvalue weighted by atomic mass is 32.2. The summed E-state index contributed by atoms with van der Waals surface area (Å²) >= 11 is 0. The van der Waals surface area contributed by atoms with E-state index in [4.69, 9.17) is 0 Å². The van der Waals surface area contributed by atoms with Crippen LogP contribution in [0.25, 0.3) is 10.8 Å². The number of aromatic hydroxyl groups is 1. The number of phenolic OH excluding ortho intramolecular Hbond substituents is 1. The SMILES string of the molecule is CCN(CC)S(=O)(=O)c1ccc(N/N=C/c2c(O)ccc3ccccc23)nc1. The molecule has 0 aliphatic rings. The number of hydrazone groups is 1. The van der Waals surface area contributed by atoms with Crippen molar-refractivity contribution in [1.29, 1.82) is 0 Å². The molecule has 0 aliphatic carbocycles. The minimum Gasteiger partial charge on any atom is -0.507 e. The number of benzene rings is 2. The number of nitrogens with one attached hydrogen (secondary N) is 1. The minimum absolute atomic E-state index is 0.123. The molecule has 146 valence electrons. The van der Waals surface area contributed by atoms with Crippen LogP contribution in [0.1, 0.15) is 19.4 Å². The molecule has 0 saturated heterocycles. The molecular formula is C20H22N4O3S. The van der Waals surface area contributed by atoms with E-state index in [1.165, 1.54) is 22.8 Å². The summed E-state index contributed by atoms with van der Waals surface area (Å²) < 4.78 is 26.3. The van der Waals surface area contributed by atoms with Crippen LogP contribution >= 0.6 is 0 Å². The van der Waals surface area contributed by atoms with Gasteiger partial charge in [0.1, 0.15) is 16.5 Å². The molecular weight excluding hydrogens is 376 g/mol. The first-order valence-electron chi connectivity index (χ1n) is 8.93. The molecule has 0 amide bonds. The highest BCUT2D eigenvalue weighted by Crippen LogP contribution is 2.25. The Balaban J connectivity index is 1.78. The monoisotopic (exact) mass is 398 g/mol. The van der Waals surface area contributed by atoms with Gasteiger partial charge >= 0.3 is 0 Å². The molecule has 3 rings (SSSR count). The Morgan fingerprint density at radius 1 is 1.11 bits per heavy atom. The second-order valence-electron chi connectivity index (χ2n) is 6.06. The lowest BCUT2D eigenvalue weighted by Gasteiger charge is -2.18. The van der Waals surface area contributed by atoms with Crippen molar-refractivity contribution in [1.82, 2.24) is 9.29 Å². The van der Waals surface area contributed by atoms with Gasteiger partial charge in [0.2, 0.25) is 10.0 Å². The fraction of sp³-hybridized carbons (Fsp3) is 0.200. The molecule has 0 radical (unpaired) electrons. The topological polar surface area (TPSA) is 94.9 Å². The molecule has 8 heteroatoms. The summed E-state index contributed by atoms with van der Waals surface area (Å²) in [5, 5.41) is 16.1. The Labute approximate surface area is 164 Å². The van der Waals surface area contributed by atoms with Gasteiger partial charge in [0.05, 0.1) is 6.21 Å². The molecule has 0 unspecified atom stereocenters. The lowest BCUT2D eigenvalue weighted by atomic mass is 10.0. The number of nitrogens with zero attached hydrogens (tertiary/aromatic N) is 3. The van der Waals surface area contributed by atoms with Crippen LogP contribution in [0, 0.1) is 0 Å². The van der Waals surface area contributed by atoms with Crippen LogP contribution in [0.3, 0.4) is 0 Å². The first-order chi connectivity index (χ1) is 13.5. The number of rotatable bonds is 7. The molecule has 0 bridgehead atoms. The number of hydrogen-bond acceptors (Lipinski definition) is 6. The Morgan fingerprint density at radius 3 is 2.54 bits per heavy atom. The summed E-state index contributed by atoms with van der Waals surface area (Å²) in [6.07, 6.45) is 2.82. The number of fused-ring (bicyclic) bond motifs is 1. The van der Waals surface area contributed by atoms with E-state index in [-0.39, 0.29) is 10.6 Å². The average molecular weight is 398 g/mol. The third-order valence-electron chi connectivity index (χ3n) is 4.40. The average Bonchev–Trinajstić information content (AvgIpc) is 2.71. The third kappa shape index (κ3) is 3.97. The molecule has 1 heterocycles.